The van der Waals surface area contributed by atoms with Crippen molar-refractivity contribution in [3.05, 3.63) is 54.1 Å². The first-order valence-corrected chi connectivity index (χ1v) is 9.30. The van der Waals surface area contributed by atoms with Crippen LogP contribution < -0.4 is 9.21 Å². The van der Waals surface area contributed by atoms with Crippen LogP contribution >= 0.6 is 0 Å². The molecule has 0 spiro atoms. The van der Waals surface area contributed by atoms with Gasteiger partial charge in [-0.25, -0.2) is 8.42 Å². The Labute approximate surface area is 142 Å². The van der Waals surface area contributed by atoms with Crippen LogP contribution in [0.5, 0.6) is 0 Å². The van der Waals surface area contributed by atoms with E-state index in [1.807, 2.05) is 13.0 Å². The van der Waals surface area contributed by atoms with Crippen molar-refractivity contribution in [3.8, 4) is 0 Å². The van der Waals surface area contributed by atoms with Crippen LogP contribution in [-0.4, -0.2) is 27.9 Å². The van der Waals surface area contributed by atoms with Gasteiger partial charge >= 0.3 is 0 Å². The first-order valence-electron chi connectivity index (χ1n) is 7.86. The summed E-state index contributed by atoms with van der Waals surface area (Å²) in [7, 11) is -2.10. The molecule has 1 aliphatic heterocycles. The number of amides is 1. The fourth-order valence-corrected chi connectivity index (χ4v) is 4.21. The van der Waals surface area contributed by atoms with E-state index in [2.05, 4.69) is 0 Å². The Hall–Kier alpha value is -2.34. The van der Waals surface area contributed by atoms with Crippen LogP contribution in [0, 0.1) is 6.92 Å². The van der Waals surface area contributed by atoms with Crippen molar-refractivity contribution in [3.63, 3.8) is 0 Å². The molecule has 1 aliphatic rings. The van der Waals surface area contributed by atoms with Gasteiger partial charge in [0.15, 0.2) is 0 Å². The van der Waals surface area contributed by atoms with Crippen LogP contribution in [0.1, 0.15) is 18.4 Å². The van der Waals surface area contributed by atoms with Crippen molar-refractivity contribution < 1.29 is 13.2 Å². The molecule has 0 radical (unpaired) electrons. The molecular weight excluding hydrogens is 324 g/mol. The Bertz CT molecular complexity index is 863. The van der Waals surface area contributed by atoms with Gasteiger partial charge in [-0.3, -0.25) is 9.10 Å². The molecule has 1 fully saturated rings. The second kappa shape index (κ2) is 6.28. The van der Waals surface area contributed by atoms with Gasteiger partial charge in [-0.15, -0.1) is 0 Å². The summed E-state index contributed by atoms with van der Waals surface area (Å²) in [5.74, 6) is 0.0927. The molecular formula is C18H20N2O3S. The second-order valence-corrected chi connectivity index (χ2v) is 7.87. The van der Waals surface area contributed by atoms with Gasteiger partial charge in [0.05, 0.1) is 10.6 Å². The molecule has 1 amide bonds. The number of hydrogen-bond donors (Lipinski definition) is 0. The van der Waals surface area contributed by atoms with Crippen molar-refractivity contribution in [1.29, 1.82) is 0 Å². The Morgan fingerprint density at radius 3 is 2.38 bits per heavy atom. The molecule has 0 N–H and O–H groups in total. The van der Waals surface area contributed by atoms with Crippen molar-refractivity contribution in [2.75, 3.05) is 22.8 Å². The fraction of sp³-hybridized carbons (Fsp3) is 0.278. The van der Waals surface area contributed by atoms with E-state index in [-0.39, 0.29) is 10.8 Å². The van der Waals surface area contributed by atoms with Gasteiger partial charge in [0.25, 0.3) is 10.0 Å². The average molecular weight is 344 g/mol. The predicted molar refractivity (Wildman–Crippen MR) is 94.8 cm³/mol. The number of aryl methyl sites for hydroxylation is 1. The van der Waals surface area contributed by atoms with Gasteiger partial charge in [-0.1, -0.05) is 18.2 Å². The maximum Gasteiger partial charge on any atom is 0.264 e. The Kier molecular flexibility index (Phi) is 4.32. The number of para-hydroxylation sites is 1. The Balaban J connectivity index is 1.95. The van der Waals surface area contributed by atoms with E-state index >= 15 is 0 Å². The summed E-state index contributed by atoms with van der Waals surface area (Å²) in [5, 5.41) is 0. The zero-order valence-electron chi connectivity index (χ0n) is 13.8. The highest BCUT2D eigenvalue weighted by Crippen LogP contribution is 2.29. The normalized spacial score (nSPS) is 14.9. The monoisotopic (exact) mass is 344 g/mol. The highest BCUT2D eigenvalue weighted by Gasteiger charge is 2.26. The van der Waals surface area contributed by atoms with E-state index in [1.54, 1.807) is 47.4 Å². The summed E-state index contributed by atoms with van der Waals surface area (Å²) in [5.41, 5.74) is 2.18. The number of benzene rings is 2. The van der Waals surface area contributed by atoms with Crippen LogP contribution in [0.3, 0.4) is 0 Å². The molecule has 1 heterocycles. The highest BCUT2D eigenvalue weighted by molar-refractivity contribution is 7.92. The van der Waals surface area contributed by atoms with E-state index in [9.17, 15) is 13.2 Å². The van der Waals surface area contributed by atoms with E-state index in [0.717, 1.165) is 17.7 Å². The molecule has 0 aliphatic carbocycles. The van der Waals surface area contributed by atoms with Gasteiger partial charge < -0.3 is 4.90 Å². The third-order valence-corrected chi connectivity index (χ3v) is 6.09. The summed E-state index contributed by atoms with van der Waals surface area (Å²) in [4.78, 5) is 13.9. The van der Waals surface area contributed by atoms with Crippen molar-refractivity contribution in [1.82, 2.24) is 0 Å². The fourth-order valence-electron chi connectivity index (χ4n) is 2.93. The van der Waals surface area contributed by atoms with Crippen molar-refractivity contribution >= 4 is 27.3 Å². The smallest absolute Gasteiger partial charge is 0.264 e. The minimum absolute atomic E-state index is 0.0927. The van der Waals surface area contributed by atoms with Crippen molar-refractivity contribution in [2.24, 2.45) is 0 Å². The molecule has 0 unspecified atom stereocenters. The number of carbonyl (C=O) groups is 1. The predicted octanol–water partition coefficient (Wildman–Crippen LogP) is 2.95. The first kappa shape index (κ1) is 16.5. The summed E-state index contributed by atoms with van der Waals surface area (Å²) in [6.07, 6.45) is 1.39. The topological polar surface area (TPSA) is 57.7 Å². The lowest BCUT2D eigenvalue weighted by Gasteiger charge is -2.22. The Morgan fingerprint density at radius 1 is 1.08 bits per heavy atom. The maximum atomic E-state index is 12.8. The third kappa shape index (κ3) is 2.89. The lowest BCUT2D eigenvalue weighted by molar-refractivity contribution is -0.117. The molecule has 6 heteroatoms. The lowest BCUT2D eigenvalue weighted by atomic mass is 10.2. The zero-order chi connectivity index (χ0) is 17.3. The molecule has 24 heavy (non-hydrogen) atoms. The molecule has 1 saturated heterocycles. The zero-order valence-corrected chi connectivity index (χ0v) is 14.6. The van der Waals surface area contributed by atoms with Crippen LogP contribution in [-0.2, 0) is 14.8 Å². The van der Waals surface area contributed by atoms with Gasteiger partial charge in [-0.2, -0.15) is 0 Å². The number of carbonyl (C=O) groups excluding carboxylic acids is 1. The van der Waals surface area contributed by atoms with Crippen LogP contribution in [0.4, 0.5) is 11.4 Å². The molecule has 5 nitrogen and oxygen atoms in total. The largest absolute Gasteiger partial charge is 0.312 e. The summed E-state index contributed by atoms with van der Waals surface area (Å²) in [6, 6.07) is 13.9. The Morgan fingerprint density at radius 2 is 1.79 bits per heavy atom. The summed E-state index contributed by atoms with van der Waals surface area (Å²) >= 11 is 0. The first-order chi connectivity index (χ1) is 11.4. The molecule has 0 atom stereocenters. The van der Waals surface area contributed by atoms with Crippen LogP contribution in [0.2, 0.25) is 0 Å². The molecule has 0 saturated carbocycles. The minimum atomic E-state index is -3.64. The highest BCUT2D eigenvalue weighted by atomic mass is 32.2. The standard InChI is InChI=1S/C18H20N2O3S/c1-14-13-16(10-11-17(14)20-12-6-9-18(20)21)24(22,23)19(2)15-7-4-3-5-8-15/h3-5,7-8,10-11,13H,6,9,12H2,1-2H3. The average Bonchev–Trinajstić information content (AvgIpc) is 3.00. The minimum Gasteiger partial charge on any atom is -0.312 e. The molecule has 2 aromatic carbocycles. The van der Waals surface area contributed by atoms with E-state index in [0.29, 0.717) is 18.7 Å². The molecule has 126 valence electrons. The van der Waals surface area contributed by atoms with E-state index < -0.39 is 10.0 Å². The van der Waals surface area contributed by atoms with E-state index in [4.69, 9.17) is 0 Å². The SMILES string of the molecule is Cc1cc(S(=O)(=O)N(C)c2ccccc2)ccc1N1CCCC1=O. The molecule has 0 bridgehead atoms. The van der Waals surface area contributed by atoms with Crippen LogP contribution in [0.25, 0.3) is 0 Å². The molecule has 2 aromatic rings. The van der Waals surface area contributed by atoms with Gasteiger partial charge in [0.1, 0.15) is 0 Å². The number of hydrogen-bond acceptors (Lipinski definition) is 3. The summed E-state index contributed by atoms with van der Waals surface area (Å²) < 4.78 is 26.9. The lowest BCUT2D eigenvalue weighted by Crippen LogP contribution is -2.27. The molecule has 3 rings (SSSR count). The number of nitrogens with zero attached hydrogens (tertiary/aromatic N) is 2. The number of rotatable bonds is 4. The van der Waals surface area contributed by atoms with Crippen molar-refractivity contribution in [2.45, 2.75) is 24.7 Å². The van der Waals surface area contributed by atoms with E-state index in [1.165, 1.54) is 11.4 Å². The maximum absolute atomic E-state index is 12.8. The quantitative estimate of drug-likeness (QED) is 0.857. The summed E-state index contributed by atoms with van der Waals surface area (Å²) in [6.45, 7) is 2.53. The van der Waals surface area contributed by atoms with Crippen LogP contribution in [0.15, 0.2) is 53.4 Å². The second-order valence-electron chi connectivity index (χ2n) is 5.91. The third-order valence-electron chi connectivity index (χ3n) is 4.31. The number of sulfonamides is 1. The van der Waals surface area contributed by atoms with Gasteiger partial charge in [0, 0.05) is 25.7 Å². The van der Waals surface area contributed by atoms with Gasteiger partial charge in [-0.05, 0) is 49.2 Å². The molecule has 0 aromatic heterocycles. The number of anilines is 2. The van der Waals surface area contributed by atoms with Gasteiger partial charge in [0.2, 0.25) is 5.91 Å².